The first-order valence-electron chi connectivity index (χ1n) is 11.2. The Labute approximate surface area is 199 Å². The van der Waals surface area contributed by atoms with E-state index in [0.29, 0.717) is 17.7 Å². The molecular weight excluding hydrogens is 434 g/mol. The van der Waals surface area contributed by atoms with Gasteiger partial charge < -0.3 is 23.9 Å². The van der Waals surface area contributed by atoms with Gasteiger partial charge in [-0.2, -0.15) is 0 Å². The second kappa shape index (κ2) is 11.4. The number of aromatic nitrogens is 1. The van der Waals surface area contributed by atoms with Crippen molar-refractivity contribution in [3.63, 3.8) is 0 Å². The van der Waals surface area contributed by atoms with E-state index < -0.39 is 5.97 Å². The van der Waals surface area contributed by atoms with Gasteiger partial charge in [-0.1, -0.05) is 18.2 Å². The van der Waals surface area contributed by atoms with Crippen molar-refractivity contribution in [2.24, 2.45) is 0 Å². The number of hydrogen-bond donors (Lipinski definition) is 1. The Bertz CT molecular complexity index is 1150. The highest BCUT2D eigenvalue weighted by Gasteiger charge is 2.17. The van der Waals surface area contributed by atoms with E-state index in [0.717, 1.165) is 35.7 Å². The van der Waals surface area contributed by atoms with Crippen LogP contribution in [0.15, 0.2) is 48.5 Å². The molecule has 0 aliphatic heterocycles. The SMILES string of the molecule is COc1ccc(CCn2c(C)cc(C(=O)COC(=O)CCc3ccc(OC)c(O)c3)c2C)cc1. The molecule has 7 heteroatoms. The van der Waals surface area contributed by atoms with Crippen molar-refractivity contribution >= 4 is 11.8 Å². The normalized spacial score (nSPS) is 10.7. The van der Waals surface area contributed by atoms with Gasteiger partial charge in [-0.3, -0.25) is 9.59 Å². The van der Waals surface area contributed by atoms with Gasteiger partial charge in [-0.15, -0.1) is 0 Å². The van der Waals surface area contributed by atoms with Crippen molar-refractivity contribution < 1.29 is 28.9 Å². The molecule has 0 aliphatic carbocycles. The molecule has 0 aliphatic rings. The summed E-state index contributed by atoms with van der Waals surface area (Å²) in [4.78, 5) is 24.9. The summed E-state index contributed by atoms with van der Waals surface area (Å²) in [6.45, 7) is 4.32. The molecule has 34 heavy (non-hydrogen) atoms. The summed E-state index contributed by atoms with van der Waals surface area (Å²) in [5, 5.41) is 9.84. The van der Waals surface area contributed by atoms with E-state index in [2.05, 4.69) is 4.57 Å². The Hall–Kier alpha value is -3.74. The number of esters is 1. The van der Waals surface area contributed by atoms with Crippen LogP contribution >= 0.6 is 0 Å². The Kier molecular flexibility index (Phi) is 8.35. The highest BCUT2D eigenvalue weighted by atomic mass is 16.5. The van der Waals surface area contributed by atoms with Crippen molar-refractivity contribution in [3.8, 4) is 17.2 Å². The summed E-state index contributed by atoms with van der Waals surface area (Å²) in [5.41, 5.74) is 4.38. The number of hydrogen-bond acceptors (Lipinski definition) is 6. The van der Waals surface area contributed by atoms with Crippen LogP contribution in [0.3, 0.4) is 0 Å². The van der Waals surface area contributed by atoms with Gasteiger partial charge >= 0.3 is 5.97 Å². The maximum absolute atomic E-state index is 12.7. The van der Waals surface area contributed by atoms with Crippen molar-refractivity contribution in [2.45, 2.75) is 39.7 Å². The third-order valence-electron chi connectivity index (χ3n) is 5.88. The molecule has 0 fully saturated rings. The smallest absolute Gasteiger partial charge is 0.306 e. The monoisotopic (exact) mass is 465 g/mol. The van der Waals surface area contributed by atoms with Crippen LogP contribution in [-0.4, -0.2) is 42.3 Å². The molecule has 3 rings (SSSR count). The van der Waals surface area contributed by atoms with Crippen molar-refractivity contribution in [1.82, 2.24) is 4.57 Å². The lowest BCUT2D eigenvalue weighted by molar-refractivity contribution is -0.142. The van der Waals surface area contributed by atoms with Crippen molar-refractivity contribution in [1.29, 1.82) is 0 Å². The summed E-state index contributed by atoms with van der Waals surface area (Å²) < 4.78 is 17.5. The molecular formula is C27H31NO6. The van der Waals surface area contributed by atoms with Crippen molar-refractivity contribution in [2.75, 3.05) is 20.8 Å². The zero-order valence-electron chi connectivity index (χ0n) is 20.1. The van der Waals surface area contributed by atoms with Gasteiger partial charge in [0.1, 0.15) is 5.75 Å². The number of nitrogens with zero attached hydrogens (tertiary/aromatic N) is 1. The molecule has 0 bridgehead atoms. The molecule has 1 N–H and O–H groups in total. The molecule has 1 aromatic heterocycles. The number of carbonyl (C=O) groups excluding carboxylic acids is 2. The van der Waals surface area contributed by atoms with E-state index in [1.165, 1.54) is 12.7 Å². The average Bonchev–Trinajstić information content (AvgIpc) is 3.13. The van der Waals surface area contributed by atoms with E-state index in [-0.39, 0.29) is 24.6 Å². The lowest BCUT2D eigenvalue weighted by Crippen LogP contribution is -2.15. The minimum absolute atomic E-state index is 0.0193. The van der Waals surface area contributed by atoms with Crippen LogP contribution in [0.2, 0.25) is 0 Å². The number of aryl methyl sites for hydroxylation is 3. The minimum Gasteiger partial charge on any atom is -0.504 e. The summed E-state index contributed by atoms with van der Waals surface area (Å²) in [7, 11) is 3.12. The number of rotatable bonds is 11. The molecule has 180 valence electrons. The number of phenols is 1. The molecule has 0 spiro atoms. The first-order chi connectivity index (χ1) is 16.3. The van der Waals surface area contributed by atoms with Gasteiger partial charge in [0.25, 0.3) is 0 Å². The summed E-state index contributed by atoms with van der Waals surface area (Å²) >= 11 is 0. The van der Waals surface area contributed by atoms with Crippen molar-refractivity contribution in [3.05, 3.63) is 76.6 Å². The minimum atomic E-state index is -0.461. The fourth-order valence-corrected chi connectivity index (χ4v) is 3.89. The summed E-state index contributed by atoms with van der Waals surface area (Å²) in [5.74, 6) is 0.530. The van der Waals surface area contributed by atoms with Crippen LogP contribution in [0.4, 0.5) is 0 Å². The molecule has 0 radical (unpaired) electrons. The van der Waals surface area contributed by atoms with Crippen LogP contribution < -0.4 is 9.47 Å². The predicted molar refractivity (Wildman–Crippen MR) is 129 cm³/mol. The van der Waals surface area contributed by atoms with E-state index in [4.69, 9.17) is 14.2 Å². The number of phenolic OH excluding ortho intramolecular Hbond substituents is 1. The van der Waals surface area contributed by atoms with Crippen LogP contribution in [0.25, 0.3) is 0 Å². The first kappa shape index (κ1) is 24.9. The van der Waals surface area contributed by atoms with E-state index >= 15 is 0 Å². The maximum Gasteiger partial charge on any atom is 0.306 e. The zero-order valence-corrected chi connectivity index (χ0v) is 20.1. The van der Waals surface area contributed by atoms with Gasteiger partial charge in [0.2, 0.25) is 5.78 Å². The number of carbonyl (C=O) groups is 2. The summed E-state index contributed by atoms with van der Waals surface area (Å²) in [6.07, 6.45) is 1.33. The zero-order chi connectivity index (χ0) is 24.7. The topological polar surface area (TPSA) is 87.0 Å². The molecule has 0 saturated heterocycles. The number of methoxy groups -OCH3 is 2. The van der Waals surface area contributed by atoms with Gasteiger partial charge in [0, 0.05) is 29.9 Å². The Morgan fingerprint density at radius 2 is 1.62 bits per heavy atom. The van der Waals surface area contributed by atoms with E-state index in [1.807, 2.05) is 44.2 Å². The van der Waals surface area contributed by atoms with Crippen LogP contribution in [0.5, 0.6) is 17.2 Å². The lowest BCUT2D eigenvalue weighted by atomic mass is 10.1. The molecule has 0 unspecified atom stereocenters. The predicted octanol–water partition coefficient (Wildman–Crippen LogP) is 4.43. The maximum atomic E-state index is 12.7. The number of Topliss-reactive ketones (excluding diaryl/α,β-unsaturated/α-hetero) is 1. The standard InChI is InChI=1S/C27H31NO6/c1-18-15-23(19(2)28(18)14-13-20-5-9-22(32-3)10-6-20)25(30)17-34-27(31)12-8-21-7-11-26(33-4)24(29)16-21/h5-7,9-11,15-16,29H,8,12-14,17H2,1-4H3. The lowest BCUT2D eigenvalue weighted by Gasteiger charge is -2.10. The number of ether oxygens (including phenoxy) is 3. The highest BCUT2D eigenvalue weighted by molar-refractivity contribution is 5.99. The number of aromatic hydroxyl groups is 1. The van der Waals surface area contributed by atoms with Crippen LogP contribution in [-0.2, 0) is 28.9 Å². The first-order valence-corrected chi connectivity index (χ1v) is 11.2. The largest absolute Gasteiger partial charge is 0.504 e. The fourth-order valence-electron chi connectivity index (χ4n) is 3.89. The Morgan fingerprint density at radius 3 is 2.26 bits per heavy atom. The highest BCUT2D eigenvalue weighted by Crippen LogP contribution is 2.26. The van der Waals surface area contributed by atoms with Gasteiger partial charge in [0.15, 0.2) is 18.1 Å². The Balaban J connectivity index is 1.52. The number of ketones is 1. The van der Waals surface area contributed by atoms with Gasteiger partial charge in [-0.25, -0.2) is 0 Å². The quantitative estimate of drug-likeness (QED) is 0.333. The van der Waals surface area contributed by atoms with Gasteiger partial charge in [-0.05, 0) is 68.1 Å². The van der Waals surface area contributed by atoms with Crippen LogP contribution in [0.1, 0.15) is 39.3 Å². The summed E-state index contributed by atoms with van der Waals surface area (Å²) in [6, 6.07) is 14.8. The number of benzene rings is 2. The van der Waals surface area contributed by atoms with E-state index in [1.54, 1.807) is 25.3 Å². The fraction of sp³-hybridized carbons (Fsp3) is 0.333. The average molecular weight is 466 g/mol. The molecule has 0 atom stereocenters. The van der Waals surface area contributed by atoms with E-state index in [9.17, 15) is 14.7 Å². The molecule has 2 aromatic carbocycles. The Morgan fingerprint density at radius 1 is 0.912 bits per heavy atom. The van der Waals surface area contributed by atoms with Gasteiger partial charge in [0.05, 0.1) is 14.2 Å². The molecule has 3 aromatic rings. The third kappa shape index (κ3) is 6.19. The molecule has 0 amide bonds. The molecule has 0 saturated carbocycles. The third-order valence-corrected chi connectivity index (χ3v) is 5.88. The molecule has 7 nitrogen and oxygen atoms in total. The second-order valence-corrected chi connectivity index (χ2v) is 8.12. The molecule has 1 heterocycles. The second-order valence-electron chi connectivity index (χ2n) is 8.12. The van der Waals surface area contributed by atoms with Crippen LogP contribution in [0, 0.1) is 13.8 Å².